The van der Waals surface area contributed by atoms with Gasteiger partial charge in [-0.1, -0.05) is 46.3 Å². The predicted octanol–water partition coefficient (Wildman–Crippen LogP) is 3.05. The average Bonchev–Trinajstić information content (AvgIpc) is 2.90. The number of rotatable bonds is 5. The molecule has 0 aliphatic carbocycles. The van der Waals surface area contributed by atoms with Crippen LogP contribution in [0.2, 0.25) is 0 Å². The van der Waals surface area contributed by atoms with E-state index in [0.29, 0.717) is 0 Å². The van der Waals surface area contributed by atoms with Gasteiger partial charge in [0.25, 0.3) is 5.69 Å². The van der Waals surface area contributed by atoms with Gasteiger partial charge in [-0.2, -0.15) is 4.31 Å². The van der Waals surface area contributed by atoms with Crippen molar-refractivity contribution in [3.8, 4) is 0 Å². The summed E-state index contributed by atoms with van der Waals surface area (Å²) in [6, 6.07) is 12.5. The molecule has 2 aromatic carbocycles. The van der Waals surface area contributed by atoms with Crippen molar-refractivity contribution in [2.75, 3.05) is 13.7 Å². The van der Waals surface area contributed by atoms with Gasteiger partial charge in [0, 0.05) is 18.7 Å². The van der Waals surface area contributed by atoms with E-state index in [1.165, 1.54) is 7.11 Å². The van der Waals surface area contributed by atoms with E-state index < -0.39 is 44.0 Å². The van der Waals surface area contributed by atoms with Gasteiger partial charge in [-0.05, 0) is 24.6 Å². The van der Waals surface area contributed by atoms with Gasteiger partial charge in [0.2, 0.25) is 10.0 Å². The Hall–Kier alpha value is -2.34. The van der Waals surface area contributed by atoms with Crippen LogP contribution in [0.3, 0.4) is 0 Å². The highest BCUT2D eigenvalue weighted by atomic mass is 79.9. The summed E-state index contributed by atoms with van der Waals surface area (Å²) >= 11 is 3.53. The standard InChI is InChI=1S/C20H21BrN2O7S/c1-13-18(20(24)29-2)22(12-17(21)19(30-13)14-6-4-3-5-7-14)31(27,28)16-10-8-15(9-11-16)23(25)26/h3-11,13,17-19H,12H2,1-2H3/t13-,17-,18+,19+/m1/s1. The van der Waals surface area contributed by atoms with Crippen molar-refractivity contribution in [1.82, 2.24) is 4.31 Å². The molecule has 166 valence electrons. The molecule has 0 radical (unpaired) electrons. The summed E-state index contributed by atoms with van der Waals surface area (Å²) < 4.78 is 38.9. The molecular formula is C20H21BrN2O7S. The highest BCUT2D eigenvalue weighted by Gasteiger charge is 2.46. The van der Waals surface area contributed by atoms with Crippen LogP contribution in [0.4, 0.5) is 5.69 Å². The summed E-state index contributed by atoms with van der Waals surface area (Å²) in [5, 5.41) is 10.9. The number of benzene rings is 2. The molecule has 4 atom stereocenters. The van der Waals surface area contributed by atoms with Crippen LogP contribution in [-0.4, -0.2) is 54.2 Å². The molecule has 1 fully saturated rings. The molecule has 1 saturated heterocycles. The van der Waals surface area contributed by atoms with Crippen LogP contribution in [0, 0.1) is 10.1 Å². The maximum atomic E-state index is 13.5. The van der Waals surface area contributed by atoms with Gasteiger partial charge in [0.05, 0.1) is 34.0 Å². The van der Waals surface area contributed by atoms with Gasteiger partial charge in [0.1, 0.15) is 6.04 Å². The lowest BCUT2D eigenvalue weighted by molar-refractivity contribution is -0.384. The van der Waals surface area contributed by atoms with Crippen LogP contribution >= 0.6 is 15.9 Å². The van der Waals surface area contributed by atoms with E-state index >= 15 is 0 Å². The maximum absolute atomic E-state index is 13.5. The molecule has 1 aliphatic heterocycles. The van der Waals surface area contributed by atoms with Crippen molar-refractivity contribution in [2.45, 2.75) is 34.9 Å². The Morgan fingerprint density at radius 1 is 1.19 bits per heavy atom. The fourth-order valence-corrected chi connectivity index (χ4v) is 6.09. The number of nitro groups is 1. The number of hydrogen-bond donors (Lipinski definition) is 0. The smallest absolute Gasteiger partial charge is 0.326 e. The Kier molecular flexibility index (Phi) is 7.10. The largest absolute Gasteiger partial charge is 0.468 e. The minimum Gasteiger partial charge on any atom is -0.468 e. The molecule has 0 bridgehead atoms. The third-order valence-corrected chi connectivity index (χ3v) is 7.66. The normalized spacial score (nSPS) is 24.9. The van der Waals surface area contributed by atoms with Gasteiger partial charge >= 0.3 is 5.97 Å². The van der Waals surface area contributed by atoms with E-state index in [2.05, 4.69) is 15.9 Å². The fraction of sp³-hybridized carbons (Fsp3) is 0.350. The third-order valence-electron chi connectivity index (χ3n) is 5.02. The molecule has 9 nitrogen and oxygen atoms in total. The van der Waals surface area contributed by atoms with Gasteiger partial charge < -0.3 is 9.47 Å². The second kappa shape index (κ2) is 9.43. The predicted molar refractivity (Wildman–Crippen MR) is 115 cm³/mol. The van der Waals surface area contributed by atoms with Crippen LogP contribution in [0.5, 0.6) is 0 Å². The minimum atomic E-state index is -4.20. The fourth-order valence-electron chi connectivity index (χ4n) is 3.49. The number of nitro benzene ring substituents is 1. The SMILES string of the molecule is COC(=O)[C@@H]1[C@@H](C)O[C@@H](c2ccccc2)[C@H](Br)CN1S(=O)(=O)c1ccc([N+](=O)[O-])cc1. The lowest BCUT2D eigenvalue weighted by Crippen LogP contribution is -2.51. The van der Waals surface area contributed by atoms with E-state index in [-0.39, 0.29) is 17.1 Å². The Bertz CT molecular complexity index is 1050. The summed E-state index contributed by atoms with van der Waals surface area (Å²) in [5.74, 6) is -0.758. The quantitative estimate of drug-likeness (QED) is 0.261. The third kappa shape index (κ3) is 4.79. The van der Waals surface area contributed by atoms with Crippen molar-refractivity contribution in [1.29, 1.82) is 0 Å². The second-order valence-corrected chi connectivity index (χ2v) is 10.0. The zero-order valence-corrected chi connectivity index (χ0v) is 19.2. The van der Waals surface area contributed by atoms with Crippen LogP contribution in [0.1, 0.15) is 18.6 Å². The zero-order chi connectivity index (χ0) is 22.8. The van der Waals surface area contributed by atoms with Crippen LogP contribution in [-0.2, 0) is 24.3 Å². The van der Waals surface area contributed by atoms with Crippen molar-refractivity contribution >= 4 is 37.6 Å². The number of sulfonamides is 1. The van der Waals surface area contributed by atoms with Gasteiger partial charge in [-0.25, -0.2) is 8.42 Å². The first kappa shape index (κ1) is 23.3. The number of alkyl halides is 1. The van der Waals surface area contributed by atoms with Gasteiger partial charge in [-0.15, -0.1) is 0 Å². The molecular weight excluding hydrogens is 492 g/mol. The van der Waals surface area contributed by atoms with Crippen molar-refractivity contribution in [2.24, 2.45) is 0 Å². The Balaban J connectivity index is 2.04. The molecule has 11 heteroatoms. The maximum Gasteiger partial charge on any atom is 0.326 e. The van der Waals surface area contributed by atoms with Crippen LogP contribution in [0.25, 0.3) is 0 Å². The highest BCUT2D eigenvalue weighted by molar-refractivity contribution is 9.09. The first-order valence-electron chi connectivity index (χ1n) is 9.35. The highest BCUT2D eigenvalue weighted by Crippen LogP contribution is 2.36. The first-order valence-corrected chi connectivity index (χ1v) is 11.7. The molecule has 1 aliphatic rings. The molecule has 2 aromatic rings. The number of hydrogen-bond acceptors (Lipinski definition) is 7. The molecule has 1 heterocycles. The number of carbonyl (C=O) groups is 1. The van der Waals surface area contributed by atoms with E-state index in [4.69, 9.17) is 9.47 Å². The summed E-state index contributed by atoms with van der Waals surface area (Å²) in [6.45, 7) is 1.53. The summed E-state index contributed by atoms with van der Waals surface area (Å²) in [4.78, 5) is 22.2. The van der Waals surface area contributed by atoms with Crippen molar-refractivity contribution < 1.29 is 27.6 Å². The van der Waals surface area contributed by atoms with Gasteiger partial charge in [-0.3, -0.25) is 14.9 Å². The van der Waals surface area contributed by atoms with Crippen molar-refractivity contribution in [3.63, 3.8) is 0 Å². The molecule has 0 unspecified atom stereocenters. The van der Waals surface area contributed by atoms with Crippen LogP contribution < -0.4 is 0 Å². The molecule has 0 N–H and O–H groups in total. The molecule has 31 heavy (non-hydrogen) atoms. The summed E-state index contributed by atoms with van der Waals surface area (Å²) in [6.07, 6.45) is -1.34. The second-order valence-electron chi connectivity index (χ2n) is 6.98. The van der Waals surface area contributed by atoms with E-state index in [1.54, 1.807) is 6.92 Å². The van der Waals surface area contributed by atoms with Crippen molar-refractivity contribution in [3.05, 3.63) is 70.3 Å². The average molecular weight is 513 g/mol. The van der Waals surface area contributed by atoms with E-state index in [9.17, 15) is 23.3 Å². The lowest BCUT2D eigenvalue weighted by atomic mass is 10.1. The number of non-ortho nitro benzene ring substituents is 1. The first-order chi connectivity index (χ1) is 14.7. The lowest BCUT2D eigenvalue weighted by Gasteiger charge is -2.30. The van der Waals surface area contributed by atoms with E-state index in [0.717, 1.165) is 34.1 Å². The Labute approximate surface area is 188 Å². The topological polar surface area (TPSA) is 116 Å². The summed E-state index contributed by atoms with van der Waals surface area (Å²) in [5.41, 5.74) is 0.591. The molecule has 0 aromatic heterocycles. The van der Waals surface area contributed by atoms with Crippen LogP contribution in [0.15, 0.2) is 59.5 Å². The van der Waals surface area contributed by atoms with Gasteiger partial charge in [0.15, 0.2) is 0 Å². The minimum absolute atomic E-state index is 0.0804. The number of halogens is 1. The van der Waals surface area contributed by atoms with E-state index in [1.807, 2.05) is 30.3 Å². The number of methoxy groups -OCH3 is 1. The molecule has 3 rings (SSSR count). The number of esters is 1. The number of nitrogens with zero attached hydrogens (tertiary/aromatic N) is 2. The summed E-state index contributed by atoms with van der Waals surface area (Å²) in [7, 11) is -3.03. The number of carbonyl (C=O) groups excluding carboxylic acids is 1. The molecule has 0 amide bonds. The Morgan fingerprint density at radius 2 is 1.81 bits per heavy atom. The molecule has 0 spiro atoms. The zero-order valence-electron chi connectivity index (χ0n) is 16.8. The monoisotopic (exact) mass is 512 g/mol. The molecule has 0 saturated carbocycles. The number of ether oxygens (including phenoxy) is 2. The Morgan fingerprint density at radius 3 is 2.35 bits per heavy atom.